The molecule has 5 heteroatoms. The van der Waals surface area contributed by atoms with Crippen molar-refractivity contribution in [3.63, 3.8) is 0 Å². The van der Waals surface area contributed by atoms with Crippen LogP contribution in [0.5, 0.6) is 5.75 Å². The van der Waals surface area contributed by atoms with Gasteiger partial charge in [-0.1, -0.05) is 18.6 Å². The Morgan fingerprint density at radius 2 is 1.96 bits per heavy atom. The lowest BCUT2D eigenvalue weighted by Gasteiger charge is -2.41. The molecule has 0 spiro atoms. The molecule has 3 fully saturated rings. The number of piperidine rings is 1. The van der Waals surface area contributed by atoms with Crippen molar-refractivity contribution in [3.05, 3.63) is 29.8 Å². The summed E-state index contributed by atoms with van der Waals surface area (Å²) in [6.45, 7) is 9.23. The highest BCUT2D eigenvalue weighted by Gasteiger charge is 2.39. The van der Waals surface area contributed by atoms with Gasteiger partial charge < -0.3 is 14.5 Å². The molecule has 1 amide bonds. The Bertz CT molecular complexity index is 659. The van der Waals surface area contributed by atoms with Gasteiger partial charge in [0.15, 0.2) is 0 Å². The lowest BCUT2D eigenvalue weighted by molar-refractivity contribution is -0.143. The molecule has 1 aromatic carbocycles. The van der Waals surface area contributed by atoms with Crippen LogP contribution in [0, 0.1) is 0 Å². The smallest absolute Gasteiger partial charge is 0.239 e. The summed E-state index contributed by atoms with van der Waals surface area (Å²) in [5, 5.41) is 0. The predicted octanol–water partition coefficient (Wildman–Crippen LogP) is 3.14. The van der Waals surface area contributed by atoms with Crippen LogP contribution in [-0.4, -0.2) is 72.0 Å². The average Bonchev–Trinajstić information content (AvgIpc) is 3.19. The number of amides is 1. The van der Waals surface area contributed by atoms with Gasteiger partial charge >= 0.3 is 0 Å². The second-order valence-electron chi connectivity index (χ2n) is 8.68. The highest BCUT2D eigenvalue weighted by molar-refractivity contribution is 5.83. The number of benzene rings is 1. The number of ether oxygens (including phenoxy) is 1. The number of piperazine rings is 1. The summed E-state index contributed by atoms with van der Waals surface area (Å²) in [6.07, 6.45) is 7.46. The molecule has 154 valence electrons. The fourth-order valence-corrected chi connectivity index (χ4v) is 4.97. The van der Waals surface area contributed by atoms with E-state index in [1.54, 1.807) is 0 Å². The van der Waals surface area contributed by atoms with Crippen LogP contribution < -0.4 is 4.74 Å². The van der Waals surface area contributed by atoms with Crippen molar-refractivity contribution in [3.8, 4) is 5.75 Å². The summed E-state index contributed by atoms with van der Waals surface area (Å²) in [6, 6.07) is 8.82. The van der Waals surface area contributed by atoms with Crippen LogP contribution in [0.15, 0.2) is 24.3 Å². The van der Waals surface area contributed by atoms with Gasteiger partial charge in [-0.05, 0) is 69.8 Å². The summed E-state index contributed by atoms with van der Waals surface area (Å²) in [4.78, 5) is 19.6. The molecule has 3 saturated heterocycles. The highest BCUT2D eigenvalue weighted by Crippen LogP contribution is 2.27. The third-order valence-corrected chi connectivity index (χ3v) is 6.63. The lowest BCUT2D eigenvalue weighted by atomic mass is 10.1. The SMILES string of the molecule is C[C@H]1C(=O)N2CCC[C@H]2CN1Cc1cccc(OCCCN2CCCCC2)c1. The molecule has 0 aromatic heterocycles. The van der Waals surface area contributed by atoms with Gasteiger partial charge in [-0.15, -0.1) is 0 Å². The number of hydrogen-bond acceptors (Lipinski definition) is 4. The van der Waals surface area contributed by atoms with E-state index in [0.29, 0.717) is 11.9 Å². The predicted molar refractivity (Wildman–Crippen MR) is 111 cm³/mol. The van der Waals surface area contributed by atoms with Crippen molar-refractivity contribution < 1.29 is 9.53 Å². The Labute approximate surface area is 169 Å². The minimum Gasteiger partial charge on any atom is -0.494 e. The first-order chi connectivity index (χ1) is 13.7. The second kappa shape index (κ2) is 9.27. The first kappa shape index (κ1) is 19.7. The molecule has 2 atom stereocenters. The van der Waals surface area contributed by atoms with E-state index in [1.165, 1.54) is 37.9 Å². The molecule has 1 aromatic rings. The molecule has 3 aliphatic heterocycles. The van der Waals surface area contributed by atoms with Crippen LogP contribution in [0.2, 0.25) is 0 Å². The van der Waals surface area contributed by atoms with E-state index >= 15 is 0 Å². The summed E-state index contributed by atoms with van der Waals surface area (Å²) in [5.41, 5.74) is 1.24. The van der Waals surface area contributed by atoms with E-state index in [0.717, 1.165) is 57.8 Å². The maximum absolute atomic E-state index is 12.6. The zero-order valence-corrected chi connectivity index (χ0v) is 17.3. The van der Waals surface area contributed by atoms with Gasteiger partial charge in [-0.25, -0.2) is 0 Å². The van der Waals surface area contributed by atoms with Crippen LogP contribution in [0.25, 0.3) is 0 Å². The molecule has 0 unspecified atom stereocenters. The van der Waals surface area contributed by atoms with Crippen molar-refractivity contribution in [2.45, 2.75) is 64.1 Å². The first-order valence-electron chi connectivity index (χ1n) is 11.2. The maximum atomic E-state index is 12.6. The second-order valence-corrected chi connectivity index (χ2v) is 8.68. The van der Waals surface area contributed by atoms with Crippen LogP contribution in [0.3, 0.4) is 0 Å². The van der Waals surface area contributed by atoms with E-state index in [2.05, 4.69) is 39.8 Å². The fourth-order valence-electron chi connectivity index (χ4n) is 4.97. The van der Waals surface area contributed by atoms with Crippen molar-refractivity contribution in [2.24, 2.45) is 0 Å². The summed E-state index contributed by atoms with van der Waals surface area (Å²) < 4.78 is 6.02. The molecule has 5 nitrogen and oxygen atoms in total. The van der Waals surface area contributed by atoms with Crippen LogP contribution in [-0.2, 0) is 11.3 Å². The molecule has 3 heterocycles. The third-order valence-electron chi connectivity index (χ3n) is 6.63. The van der Waals surface area contributed by atoms with Crippen LogP contribution >= 0.6 is 0 Å². The quantitative estimate of drug-likeness (QED) is 0.676. The molecule has 4 rings (SSSR count). The number of carbonyl (C=O) groups is 1. The Hall–Kier alpha value is -1.59. The van der Waals surface area contributed by atoms with Gasteiger partial charge in [0.05, 0.1) is 12.6 Å². The van der Waals surface area contributed by atoms with Crippen molar-refractivity contribution in [1.29, 1.82) is 0 Å². The van der Waals surface area contributed by atoms with Crippen molar-refractivity contribution in [1.82, 2.24) is 14.7 Å². The zero-order valence-electron chi connectivity index (χ0n) is 17.3. The van der Waals surface area contributed by atoms with E-state index in [1.807, 2.05) is 6.07 Å². The zero-order chi connectivity index (χ0) is 19.3. The number of hydrogen-bond donors (Lipinski definition) is 0. The average molecular weight is 386 g/mol. The Kier molecular flexibility index (Phi) is 6.53. The number of carbonyl (C=O) groups excluding carboxylic acids is 1. The van der Waals surface area contributed by atoms with Crippen molar-refractivity contribution in [2.75, 3.05) is 39.3 Å². The fraction of sp³-hybridized carbons (Fsp3) is 0.696. The van der Waals surface area contributed by atoms with Gasteiger partial charge in [0.2, 0.25) is 5.91 Å². The Morgan fingerprint density at radius 1 is 1.11 bits per heavy atom. The van der Waals surface area contributed by atoms with E-state index in [4.69, 9.17) is 4.74 Å². The summed E-state index contributed by atoms with van der Waals surface area (Å²) in [5.74, 6) is 1.26. The first-order valence-corrected chi connectivity index (χ1v) is 11.2. The topological polar surface area (TPSA) is 36.0 Å². The van der Waals surface area contributed by atoms with E-state index < -0.39 is 0 Å². The molecular formula is C23H35N3O2. The number of likely N-dealkylation sites (tertiary alicyclic amines) is 1. The number of nitrogens with zero attached hydrogens (tertiary/aromatic N) is 3. The standard InChI is InChI=1S/C23H35N3O2/c1-19-23(27)26-14-6-9-21(26)18-25(19)17-20-8-5-10-22(16-20)28-15-7-13-24-11-3-2-4-12-24/h5,8,10,16,19,21H,2-4,6-7,9,11-15,17-18H2,1H3/t19-,21-/m0/s1. The molecule has 0 radical (unpaired) electrons. The molecule has 0 aliphatic carbocycles. The van der Waals surface area contributed by atoms with E-state index in [9.17, 15) is 4.79 Å². The van der Waals surface area contributed by atoms with Crippen molar-refractivity contribution >= 4 is 5.91 Å². The molecular weight excluding hydrogens is 350 g/mol. The van der Waals surface area contributed by atoms with E-state index in [-0.39, 0.29) is 6.04 Å². The molecule has 3 aliphatic rings. The lowest BCUT2D eigenvalue weighted by Crippen LogP contribution is -2.58. The molecule has 0 N–H and O–H groups in total. The minimum absolute atomic E-state index is 0.0246. The van der Waals surface area contributed by atoms with Gasteiger partial charge in [0.1, 0.15) is 5.75 Å². The molecule has 0 bridgehead atoms. The normalized spacial score (nSPS) is 26.5. The molecule has 28 heavy (non-hydrogen) atoms. The highest BCUT2D eigenvalue weighted by atomic mass is 16.5. The van der Waals surface area contributed by atoms with Gasteiger partial charge in [-0.3, -0.25) is 9.69 Å². The number of rotatable bonds is 7. The largest absolute Gasteiger partial charge is 0.494 e. The Morgan fingerprint density at radius 3 is 2.82 bits per heavy atom. The van der Waals surface area contributed by atoms with Crippen LogP contribution in [0.1, 0.15) is 51.0 Å². The van der Waals surface area contributed by atoms with Gasteiger partial charge in [-0.2, -0.15) is 0 Å². The number of fused-ring (bicyclic) bond motifs is 1. The summed E-state index contributed by atoms with van der Waals surface area (Å²) in [7, 11) is 0. The Balaban J connectivity index is 1.27. The molecule has 0 saturated carbocycles. The van der Waals surface area contributed by atoms with Crippen LogP contribution in [0.4, 0.5) is 0 Å². The van der Waals surface area contributed by atoms with Gasteiger partial charge in [0.25, 0.3) is 0 Å². The van der Waals surface area contributed by atoms with Gasteiger partial charge in [0, 0.05) is 32.2 Å². The third kappa shape index (κ3) is 4.69. The summed E-state index contributed by atoms with van der Waals surface area (Å²) >= 11 is 0. The minimum atomic E-state index is -0.0246. The maximum Gasteiger partial charge on any atom is 0.239 e. The monoisotopic (exact) mass is 385 g/mol.